The molecule has 2 rings (SSSR count). The third kappa shape index (κ3) is 6.41. The van der Waals surface area contributed by atoms with Crippen LogP contribution in [0.2, 0.25) is 0 Å². The maximum Gasteiger partial charge on any atom is 0.281 e. The molecule has 2 aliphatic rings. The van der Waals surface area contributed by atoms with Crippen LogP contribution in [0.15, 0.2) is 0 Å². The minimum Gasteiger partial charge on any atom is -0.356 e. The van der Waals surface area contributed by atoms with Crippen LogP contribution in [0.25, 0.3) is 0 Å². The summed E-state index contributed by atoms with van der Waals surface area (Å²) >= 11 is 2.06. The van der Waals surface area contributed by atoms with Crippen molar-refractivity contribution in [1.29, 1.82) is 0 Å². The standard InChI is InChI=1S/C17H33N3O3S2/c1-19(2)25(22,23)20-12-9-15(10-13-20)17(21)18-11-6-14-24-16-7-4-3-5-8-16/h15-16H,3-14H2,1-2H3,(H,18,21). The number of thioether (sulfide) groups is 1. The number of piperidine rings is 1. The van der Waals surface area contributed by atoms with Crippen LogP contribution in [-0.2, 0) is 15.0 Å². The van der Waals surface area contributed by atoms with Gasteiger partial charge in [0, 0.05) is 44.9 Å². The van der Waals surface area contributed by atoms with Crippen molar-refractivity contribution in [3.05, 3.63) is 0 Å². The zero-order chi connectivity index (χ0) is 18.3. The normalized spacial score (nSPS) is 21.6. The van der Waals surface area contributed by atoms with Gasteiger partial charge in [-0.2, -0.15) is 28.8 Å². The van der Waals surface area contributed by atoms with E-state index < -0.39 is 10.2 Å². The Morgan fingerprint density at radius 1 is 1.12 bits per heavy atom. The van der Waals surface area contributed by atoms with Crippen LogP contribution >= 0.6 is 11.8 Å². The molecule has 8 heteroatoms. The maximum absolute atomic E-state index is 12.3. The van der Waals surface area contributed by atoms with E-state index in [1.807, 2.05) is 0 Å². The quantitative estimate of drug-likeness (QED) is 0.643. The first-order chi connectivity index (χ1) is 11.9. The third-order valence-electron chi connectivity index (χ3n) is 5.14. The summed E-state index contributed by atoms with van der Waals surface area (Å²) in [5, 5.41) is 3.86. The number of hydrogen-bond donors (Lipinski definition) is 1. The molecule has 1 N–H and O–H groups in total. The van der Waals surface area contributed by atoms with Crippen LogP contribution in [0.3, 0.4) is 0 Å². The second kappa shape index (κ2) is 10.1. The Balaban J connectivity index is 1.59. The monoisotopic (exact) mass is 391 g/mol. The summed E-state index contributed by atoms with van der Waals surface area (Å²) in [6.45, 7) is 1.58. The molecule has 1 aliphatic heterocycles. The first-order valence-electron chi connectivity index (χ1n) is 9.48. The van der Waals surface area contributed by atoms with Gasteiger partial charge in [0.25, 0.3) is 10.2 Å². The summed E-state index contributed by atoms with van der Waals surface area (Å²) in [6.07, 6.45) is 9.07. The summed E-state index contributed by atoms with van der Waals surface area (Å²) in [5.41, 5.74) is 0. The Bertz CT molecular complexity index is 511. The molecule has 0 atom stereocenters. The fourth-order valence-electron chi connectivity index (χ4n) is 3.49. The van der Waals surface area contributed by atoms with Gasteiger partial charge in [0.05, 0.1) is 0 Å². The fraction of sp³-hybridized carbons (Fsp3) is 0.941. The number of nitrogens with zero attached hydrogens (tertiary/aromatic N) is 2. The van der Waals surface area contributed by atoms with Crippen molar-refractivity contribution in [3.63, 3.8) is 0 Å². The van der Waals surface area contributed by atoms with E-state index in [2.05, 4.69) is 17.1 Å². The van der Waals surface area contributed by atoms with Crippen molar-refractivity contribution in [2.45, 2.75) is 56.6 Å². The Morgan fingerprint density at radius 2 is 1.76 bits per heavy atom. The summed E-state index contributed by atoms with van der Waals surface area (Å²) < 4.78 is 26.9. The summed E-state index contributed by atoms with van der Waals surface area (Å²) in [5.74, 6) is 1.15. The highest BCUT2D eigenvalue weighted by Gasteiger charge is 2.32. The second-order valence-electron chi connectivity index (χ2n) is 7.24. The lowest BCUT2D eigenvalue weighted by molar-refractivity contribution is -0.126. The van der Waals surface area contributed by atoms with Crippen LogP contribution in [0.1, 0.15) is 51.4 Å². The molecule has 0 aromatic rings. The van der Waals surface area contributed by atoms with Crippen molar-refractivity contribution in [2.75, 3.05) is 39.5 Å². The predicted molar refractivity (Wildman–Crippen MR) is 104 cm³/mol. The predicted octanol–water partition coefficient (Wildman–Crippen LogP) is 2.08. The van der Waals surface area contributed by atoms with Gasteiger partial charge in [-0.05, 0) is 37.9 Å². The Hall–Kier alpha value is -0.310. The minimum atomic E-state index is -3.35. The van der Waals surface area contributed by atoms with E-state index in [4.69, 9.17) is 0 Å². The molecule has 2 fully saturated rings. The van der Waals surface area contributed by atoms with Crippen molar-refractivity contribution in [2.24, 2.45) is 5.92 Å². The molecule has 0 spiro atoms. The first kappa shape index (κ1) is 21.0. The van der Waals surface area contributed by atoms with E-state index in [9.17, 15) is 13.2 Å². The topological polar surface area (TPSA) is 69.7 Å². The van der Waals surface area contributed by atoms with Crippen LogP contribution in [0, 0.1) is 5.92 Å². The van der Waals surface area contributed by atoms with Gasteiger partial charge in [-0.3, -0.25) is 4.79 Å². The van der Waals surface area contributed by atoms with E-state index in [1.54, 1.807) is 14.1 Å². The minimum absolute atomic E-state index is 0.0559. The lowest BCUT2D eigenvalue weighted by Crippen LogP contribution is -2.46. The zero-order valence-electron chi connectivity index (χ0n) is 15.6. The summed E-state index contributed by atoms with van der Waals surface area (Å²) in [4.78, 5) is 12.3. The van der Waals surface area contributed by atoms with Gasteiger partial charge in [0.2, 0.25) is 5.91 Å². The third-order valence-corrected chi connectivity index (χ3v) is 8.55. The van der Waals surface area contributed by atoms with Crippen molar-refractivity contribution < 1.29 is 13.2 Å². The highest BCUT2D eigenvalue weighted by molar-refractivity contribution is 7.99. The SMILES string of the molecule is CN(C)S(=O)(=O)N1CCC(C(=O)NCCCSC2CCCCC2)CC1. The Labute approximate surface area is 157 Å². The molecule has 0 unspecified atom stereocenters. The van der Waals surface area contributed by atoms with Crippen molar-refractivity contribution in [1.82, 2.24) is 13.9 Å². The highest BCUT2D eigenvalue weighted by atomic mass is 32.2. The van der Waals surface area contributed by atoms with E-state index in [0.717, 1.165) is 24.0 Å². The largest absolute Gasteiger partial charge is 0.356 e. The van der Waals surface area contributed by atoms with E-state index in [-0.39, 0.29) is 11.8 Å². The number of nitrogens with one attached hydrogen (secondary N) is 1. The zero-order valence-corrected chi connectivity index (χ0v) is 17.2. The summed E-state index contributed by atoms with van der Waals surface area (Å²) in [6, 6.07) is 0. The van der Waals surface area contributed by atoms with E-state index >= 15 is 0 Å². The average Bonchev–Trinajstić information content (AvgIpc) is 2.62. The maximum atomic E-state index is 12.3. The lowest BCUT2D eigenvalue weighted by atomic mass is 9.97. The fourth-order valence-corrected chi connectivity index (χ4v) is 5.93. The number of amides is 1. The van der Waals surface area contributed by atoms with Gasteiger partial charge in [-0.15, -0.1) is 0 Å². The number of rotatable bonds is 8. The molecule has 1 saturated carbocycles. The molecule has 0 radical (unpaired) electrons. The van der Waals surface area contributed by atoms with Gasteiger partial charge in [0.1, 0.15) is 0 Å². The van der Waals surface area contributed by atoms with Crippen LogP contribution in [-0.4, -0.2) is 67.7 Å². The molecule has 6 nitrogen and oxygen atoms in total. The number of hydrogen-bond acceptors (Lipinski definition) is 4. The average molecular weight is 392 g/mol. The Kier molecular flexibility index (Phi) is 8.51. The molecule has 1 aliphatic carbocycles. The van der Waals surface area contributed by atoms with Gasteiger partial charge in [0.15, 0.2) is 0 Å². The number of carbonyl (C=O) groups excluding carboxylic acids is 1. The van der Waals surface area contributed by atoms with E-state index in [0.29, 0.717) is 25.9 Å². The molecule has 1 heterocycles. The molecule has 1 saturated heterocycles. The molecular formula is C17H33N3O3S2. The Morgan fingerprint density at radius 3 is 2.36 bits per heavy atom. The molecular weight excluding hydrogens is 358 g/mol. The van der Waals surface area contributed by atoms with Crippen LogP contribution < -0.4 is 5.32 Å². The van der Waals surface area contributed by atoms with Gasteiger partial charge in [-0.25, -0.2) is 0 Å². The van der Waals surface area contributed by atoms with Gasteiger partial charge in [-0.1, -0.05) is 19.3 Å². The smallest absolute Gasteiger partial charge is 0.281 e. The van der Waals surface area contributed by atoms with Crippen LogP contribution in [0.4, 0.5) is 0 Å². The van der Waals surface area contributed by atoms with Gasteiger partial charge < -0.3 is 5.32 Å². The van der Waals surface area contributed by atoms with Crippen molar-refractivity contribution in [3.8, 4) is 0 Å². The molecule has 0 aromatic heterocycles. The van der Waals surface area contributed by atoms with Crippen LogP contribution in [0.5, 0.6) is 0 Å². The lowest BCUT2D eigenvalue weighted by Gasteiger charge is -2.32. The highest BCUT2D eigenvalue weighted by Crippen LogP contribution is 2.28. The molecule has 25 heavy (non-hydrogen) atoms. The summed E-state index contributed by atoms with van der Waals surface area (Å²) in [7, 11) is -0.270. The second-order valence-corrected chi connectivity index (χ2v) is 10.8. The van der Waals surface area contributed by atoms with Crippen molar-refractivity contribution >= 4 is 27.9 Å². The molecule has 1 amide bonds. The number of carbonyl (C=O) groups is 1. The first-order valence-corrected chi connectivity index (χ1v) is 11.9. The molecule has 0 bridgehead atoms. The molecule has 0 aromatic carbocycles. The molecule has 146 valence electrons. The van der Waals surface area contributed by atoms with Gasteiger partial charge >= 0.3 is 0 Å². The van der Waals surface area contributed by atoms with E-state index in [1.165, 1.54) is 40.7 Å².